The first-order valence-corrected chi connectivity index (χ1v) is 13.7. The fourth-order valence-electron chi connectivity index (χ4n) is 5.56. The molecule has 0 saturated carbocycles. The molecule has 0 radical (unpaired) electrons. The smallest absolute Gasteiger partial charge is 0.167 e. The van der Waals surface area contributed by atoms with Crippen LogP contribution in [0.2, 0.25) is 0 Å². The predicted molar refractivity (Wildman–Crippen MR) is 158 cm³/mol. The second-order valence-electron chi connectivity index (χ2n) is 10.0. The number of nitrogens with one attached hydrogen (secondary N) is 1. The summed E-state index contributed by atoms with van der Waals surface area (Å²) < 4.78 is 26.1. The number of anilines is 1. The zero-order valence-corrected chi connectivity index (χ0v) is 23.7. The van der Waals surface area contributed by atoms with Gasteiger partial charge in [0.05, 0.1) is 33.3 Å². The van der Waals surface area contributed by atoms with E-state index < -0.39 is 24.0 Å². The first kappa shape index (κ1) is 27.6. The summed E-state index contributed by atoms with van der Waals surface area (Å²) in [6.45, 7) is 0.119. The minimum atomic E-state index is -1.02. The summed E-state index contributed by atoms with van der Waals surface area (Å²) in [6, 6.07) is 25.7. The Morgan fingerprint density at radius 2 is 1.50 bits per heavy atom. The number of benzene rings is 3. The molecule has 2 aromatic heterocycles. The average molecular weight is 568 g/mol. The monoisotopic (exact) mass is 567 g/mol. The molecule has 0 spiro atoms. The van der Waals surface area contributed by atoms with Crippen molar-refractivity contribution in [3.63, 3.8) is 0 Å². The lowest BCUT2D eigenvalue weighted by Crippen LogP contribution is -2.38. The highest BCUT2D eigenvalue weighted by atomic mass is 16.6. The van der Waals surface area contributed by atoms with Gasteiger partial charge in [-0.3, -0.25) is 4.57 Å². The number of ether oxygens (including phenoxy) is 4. The molecule has 10 heteroatoms. The Bertz CT molecular complexity index is 1580. The Balaban J connectivity index is 1.36. The number of aromatic nitrogens is 4. The topological polar surface area (TPSA) is 113 Å². The maximum absolute atomic E-state index is 11.2. The largest absolute Gasteiger partial charge is 0.497 e. The van der Waals surface area contributed by atoms with E-state index >= 15 is 0 Å². The molecule has 3 aromatic carbocycles. The molecule has 1 aliphatic heterocycles. The van der Waals surface area contributed by atoms with Crippen molar-refractivity contribution >= 4 is 17.0 Å². The molecule has 0 aliphatic carbocycles. The summed E-state index contributed by atoms with van der Waals surface area (Å²) >= 11 is 0. The third-order valence-electron chi connectivity index (χ3n) is 7.75. The first-order chi connectivity index (χ1) is 20.6. The maximum atomic E-state index is 11.2. The molecule has 3 atom stereocenters. The van der Waals surface area contributed by atoms with Gasteiger partial charge in [0.15, 0.2) is 11.5 Å². The van der Waals surface area contributed by atoms with Gasteiger partial charge in [-0.2, -0.15) is 0 Å². The van der Waals surface area contributed by atoms with Crippen LogP contribution in [-0.4, -0.2) is 64.7 Å². The SMILES string of the molecule is CNc1ncnc2c1ncn2C1CC(O)C(COC(c2ccccc2)(c2ccc(OC)cc2)c2ccc(OC)cc2)O1. The van der Waals surface area contributed by atoms with Gasteiger partial charge in [-0.25, -0.2) is 15.0 Å². The van der Waals surface area contributed by atoms with Gasteiger partial charge in [-0.05, 0) is 41.0 Å². The molecule has 10 nitrogen and oxygen atoms in total. The fraction of sp³-hybridized carbons (Fsp3) is 0.281. The number of aliphatic hydroxyl groups excluding tert-OH is 1. The first-order valence-electron chi connectivity index (χ1n) is 13.7. The molecule has 3 heterocycles. The lowest BCUT2D eigenvalue weighted by molar-refractivity contribution is -0.0931. The summed E-state index contributed by atoms with van der Waals surface area (Å²) in [6.07, 6.45) is 1.68. The standard InChI is InChI=1S/C32H33N5O5/c1-33-30-29-31(35-19-34-30)37(20-36-29)28-17-26(38)27(42-28)18-41-32(21-7-5-4-6-8-21,22-9-13-24(39-2)14-10-22)23-11-15-25(40-3)16-12-23/h4-16,19-20,26-28,38H,17-18H2,1-3H3,(H,33,34,35). The van der Waals surface area contributed by atoms with Crippen LogP contribution in [-0.2, 0) is 15.1 Å². The van der Waals surface area contributed by atoms with Gasteiger partial charge < -0.3 is 29.4 Å². The van der Waals surface area contributed by atoms with E-state index in [-0.39, 0.29) is 6.61 Å². The van der Waals surface area contributed by atoms with Crippen molar-refractivity contribution in [2.24, 2.45) is 0 Å². The molecule has 1 aliphatic rings. The van der Waals surface area contributed by atoms with E-state index in [1.165, 1.54) is 6.33 Å². The lowest BCUT2D eigenvalue weighted by atomic mass is 9.80. The molecular formula is C32H33N5O5. The number of aliphatic hydroxyl groups is 1. The quantitative estimate of drug-likeness (QED) is 0.235. The van der Waals surface area contributed by atoms with Crippen molar-refractivity contribution in [3.05, 3.63) is 108 Å². The second-order valence-corrected chi connectivity index (χ2v) is 10.0. The summed E-state index contributed by atoms with van der Waals surface area (Å²) in [4.78, 5) is 13.1. The number of hydrogen-bond donors (Lipinski definition) is 2. The average Bonchev–Trinajstić information content (AvgIpc) is 3.65. The molecule has 0 bridgehead atoms. The fourth-order valence-corrected chi connectivity index (χ4v) is 5.56. The van der Waals surface area contributed by atoms with Crippen LogP contribution >= 0.6 is 0 Å². The van der Waals surface area contributed by atoms with Crippen LogP contribution in [0, 0.1) is 0 Å². The third kappa shape index (κ3) is 4.94. The number of rotatable bonds is 10. The molecular weight excluding hydrogens is 534 g/mol. The zero-order valence-electron chi connectivity index (χ0n) is 23.7. The van der Waals surface area contributed by atoms with Crippen molar-refractivity contribution in [3.8, 4) is 11.5 Å². The number of imidazole rings is 1. The highest BCUT2D eigenvalue weighted by molar-refractivity contribution is 5.82. The number of fused-ring (bicyclic) bond motifs is 1. The van der Waals surface area contributed by atoms with Crippen LogP contribution in [0.15, 0.2) is 91.5 Å². The van der Waals surface area contributed by atoms with Crippen molar-refractivity contribution in [1.29, 1.82) is 0 Å². The number of methoxy groups -OCH3 is 2. The molecule has 3 unspecified atom stereocenters. The van der Waals surface area contributed by atoms with E-state index in [1.54, 1.807) is 27.6 Å². The van der Waals surface area contributed by atoms with E-state index in [2.05, 4.69) is 20.3 Å². The Morgan fingerprint density at radius 3 is 2.10 bits per heavy atom. The highest BCUT2D eigenvalue weighted by Gasteiger charge is 2.42. The normalized spacial score (nSPS) is 18.7. The van der Waals surface area contributed by atoms with E-state index in [1.807, 2.05) is 83.4 Å². The van der Waals surface area contributed by atoms with E-state index in [9.17, 15) is 5.11 Å². The van der Waals surface area contributed by atoms with Crippen molar-refractivity contribution in [1.82, 2.24) is 19.5 Å². The Hall–Kier alpha value is -4.51. The minimum Gasteiger partial charge on any atom is -0.497 e. The van der Waals surface area contributed by atoms with Crippen LogP contribution in [0.1, 0.15) is 29.3 Å². The van der Waals surface area contributed by atoms with Gasteiger partial charge in [0.2, 0.25) is 0 Å². The third-order valence-corrected chi connectivity index (χ3v) is 7.75. The summed E-state index contributed by atoms with van der Waals surface area (Å²) in [5.41, 5.74) is 2.99. The van der Waals surface area contributed by atoms with Gasteiger partial charge in [0.25, 0.3) is 0 Å². The predicted octanol–water partition coefficient (Wildman–Crippen LogP) is 4.54. The molecule has 216 valence electrons. The number of hydrogen-bond acceptors (Lipinski definition) is 9. The molecule has 1 fully saturated rings. The maximum Gasteiger partial charge on any atom is 0.167 e. The zero-order chi connectivity index (χ0) is 29.1. The van der Waals surface area contributed by atoms with E-state index in [0.717, 1.165) is 28.2 Å². The van der Waals surface area contributed by atoms with Gasteiger partial charge in [0, 0.05) is 13.5 Å². The number of nitrogens with zero attached hydrogens (tertiary/aromatic N) is 4. The molecule has 1 saturated heterocycles. The molecule has 2 N–H and O–H groups in total. The van der Waals surface area contributed by atoms with Gasteiger partial charge in [0.1, 0.15) is 41.3 Å². The summed E-state index contributed by atoms with van der Waals surface area (Å²) in [5.74, 6) is 2.11. The van der Waals surface area contributed by atoms with Crippen molar-refractivity contribution < 1.29 is 24.1 Å². The Kier molecular flexibility index (Phi) is 7.75. The molecule has 0 amide bonds. The van der Waals surface area contributed by atoms with Gasteiger partial charge in [-0.15, -0.1) is 0 Å². The van der Waals surface area contributed by atoms with Crippen LogP contribution in [0.25, 0.3) is 11.2 Å². The van der Waals surface area contributed by atoms with Crippen LogP contribution < -0.4 is 14.8 Å². The summed E-state index contributed by atoms with van der Waals surface area (Å²) in [7, 11) is 5.07. The second kappa shape index (κ2) is 11.8. The summed E-state index contributed by atoms with van der Waals surface area (Å²) in [5, 5.41) is 14.2. The lowest BCUT2D eigenvalue weighted by Gasteiger charge is -2.37. The van der Waals surface area contributed by atoms with E-state index in [4.69, 9.17) is 18.9 Å². The van der Waals surface area contributed by atoms with Gasteiger partial charge >= 0.3 is 0 Å². The van der Waals surface area contributed by atoms with Crippen molar-refractivity contribution in [2.75, 3.05) is 33.2 Å². The van der Waals surface area contributed by atoms with Crippen LogP contribution in [0.4, 0.5) is 5.82 Å². The molecule has 5 aromatic rings. The Labute approximate surface area is 243 Å². The Morgan fingerprint density at radius 1 is 0.881 bits per heavy atom. The van der Waals surface area contributed by atoms with Crippen molar-refractivity contribution in [2.45, 2.75) is 30.5 Å². The van der Waals surface area contributed by atoms with Gasteiger partial charge in [-0.1, -0.05) is 54.6 Å². The minimum absolute atomic E-state index is 0.119. The molecule has 42 heavy (non-hydrogen) atoms. The van der Waals surface area contributed by atoms with Crippen LogP contribution in [0.5, 0.6) is 11.5 Å². The highest BCUT2D eigenvalue weighted by Crippen LogP contribution is 2.43. The van der Waals surface area contributed by atoms with Crippen LogP contribution in [0.3, 0.4) is 0 Å². The molecule has 6 rings (SSSR count). The van der Waals surface area contributed by atoms with E-state index in [0.29, 0.717) is 23.4 Å².